The lowest BCUT2D eigenvalue weighted by atomic mass is 10.1. The Hall–Kier alpha value is -0.590. The number of carbonyl (C=O) groups excluding carboxylic acids is 1. The standard InChI is InChI=1S/C7H11O/c1-6(2)4-7(3)5-8/h4,6H,1-3H3/b7-4+. The van der Waals surface area contributed by atoms with Crippen molar-refractivity contribution in [3.05, 3.63) is 11.6 Å². The van der Waals surface area contributed by atoms with Gasteiger partial charge in [0.05, 0.1) is 0 Å². The minimum Gasteiger partial charge on any atom is -0.285 e. The van der Waals surface area contributed by atoms with Crippen molar-refractivity contribution < 1.29 is 4.79 Å². The molecule has 0 fully saturated rings. The quantitative estimate of drug-likeness (QED) is 0.496. The van der Waals surface area contributed by atoms with Crippen molar-refractivity contribution in [1.29, 1.82) is 0 Å². The monoisotopic (exact) mass is 111 g/mol. The second-order valence-corrected chi connectivity index (χ2v) is 2.20. The van der Waals surface area contributed by atoms with Gasteiger partial charge in [0.2, 0.25) is 6.29 Å². The smallest absolute Gasteiger partial charge is 0.228 e. The highest BCUT2D eigenvalue weighted by Crippen LogP contribution is 1.97. The predicted molar refractivity (Wildman–Crippen MR) is 34.3 cm³/mol. The van der Waals surface area contributed by atoms with Crippen LogP contribution in [-0.4, -0.2) is 6.29 Å². The fourth-order valence-corrected chi connectivity index (χ4v) is 0.534. The summed E-state index contributed by atoms with van der Waals surface area (Å²) in [6.07, 6.45) is 3.69. The molecule has 45 valence electrons. The summed E-state index contributed by atoms with van der Waals surface area (Å²) in [5.74, 6) is 0.455. The molecule has 0 atom stereocenters. The van der Waals surface area contributed by atoms with E-state index in [0.717, 1.165) is 0 Å². The summed E-state index contributed by atoms with van der Waals surface area (Å²) in [5, 5.41) is 0. The van der Waals surface area contributed by atoms with E-state index in [1.807, 2.05) is 26.2 Å². The lowest BCUT2D eigenvalue weighted by Gasteiger charge is -1.91. The molecule has 1 radical (unpaired) electrons. The molecule has 0 heterocycles. The molecular weight excluding hydrogens is 100 g/mol. The van der Waals surface area contributed by atoms with Crippen molar-refractivity contribution in [2.24, 2.45) is 5.92 Å². The first kappa shape index (κ1) is 7.41. The van der Waals surface area contributed by atoms with E-state index in [1.54, 1.807) is 6.92 Å². The Kier molecular flexibility index (Phi) is 3.16. The Balaban J connectivity index is 3.74. The van der Waals surface area contributed by atoms with E-state index in [4.69, 9.17) is 0 Å². The van der Waals surface area contributed by atoms with Crippen LogP contribution in [0.1, 0.15) is 20.8 Å². The van der Waals surface area contributed by atoms with Gasteiger partial charge in [0.15, 0.2) is 0 Å². The Morgan fingerprint density at radius 2 is 2.12 bits per heavy atom. The van der Waals surface area contributed by atoms with Crippen LogP contribution in [0.25, 0.3) is 0 Å². The first-order chi connectivity index (χ1) is 3.66. The first-order valence-electron chi connectivity index (χ1n) is 2.73. The maximum absolute atomic E-state index is 9.85. The zero-order valence-corrected chi connectivity index (χ0v) is 5.56. The summed E-state index contributed by atoms with van der Waals surface area (Å²) >= 11 is 0. The lowest BCUT2D eigenvalue weighted by molar-refractivity contribution is 0.561. The molecule has 0 amide bonds. The average molecular weight is 111 g/mol. The Bertz CT molecular complexity index is 101. The molecule has 0 rings (SSSR count). The van der Waals surface area contributed by atoms with Crippen molar-refractivity contribution in [3.63, 3.8) is 0 Å². The molecule has 0 aliphatic heterocycles. The molecule has 1 heteroatoms. The van der Waals surface area contributed by atoms with Crippen LogP contribution in [0.5, 0.6) is 0 Å². The van der Waals surface area contributed by atoms with Gasteiger partial charge in [-0.2, -0.15) is 0 Å². The molecular formula is C7H11O. The van der Waals surface area contributed by atoms with Gasteiger partial charge in [-0.15, -0.1) is 0 Å². The van der Waals surface area contributed by atoms with Crippen molar-refractivity contribution >= 4 is 6.29 Å². The topological polar surface area (TPSA) is 17.1 Å². The Morgan fingerprint density at radius 3 is 2.25 bits per heavy atom. The molecule has 0 aliphatic rings. The third kappa shape index (κ3) is 3.59. The SMILES string of the molecule is C/C([C]=O)=C\C(C)C. The Labute approximate surface area is 50.4 Å². The van der Waals surface area contributed by atoms with E-state index in [1.165, 1.54) is 0 Å². The first-order valence-corrected chi connectivity index (χ1v) is 2.73. The molecule has 0 saturated heterocycles. The van der Waals surface area contributed by atoms with Gasteiger partial charge in [-0.05, 0) is 18.4 Å². The van der Waals surface area contributed by atoms with E-state index in [0.29, 0.717) is 11.5 Å². The number of rotatable bonds is 2. The molecule has 0 saturated carbocycles. The van der Waals surface area contributed by atoms with Gasteiger partial charge in [-0.25, -0.2) is 0 Å². The van der Waals surface area contributed by atoms with Gasteiger partial charge in [0.1, 0.15) is 0 Å². The molecule has 8 heavy (non-hydrogen) atoms. The summed E-state index contributed by atoms with van der Waals surface area (Å²) < 4.78 is 0. The van der Waals surface area contributed by atoms with Gasteiger partial charge in [0.25, 0.3) is 0 Å². The maximum atomic E-state index is 9.85. The van der Waals surface area contributed by atoms with Crippen molar-refractivity contribution in [3.8, 4) is 0 Å². The predicted octanol–water partition coefficient (Wildman–Crippen LogP) is 1.70. The Morgan fingerprint density at radius 1 is 1.62 bits per heavy atom. The fraction of sp³-hybridized carbons (Fsp3) is 0.571. The van der Waals surface area contributed by atoms with E-state index in [-0.39, 0.29) is 0 Å². The minimum atomic E-state index is 0.455. The summed E-state index contributed by atoms with van der Waals surface area (Å²) in [7, 11) is 0. The average Bonchev–Trinajstić information content (AvgIpc) is 1.65. The summed E-state index contributed by atoms with van der Waals surface area (Å²) in [6.45, 7) is 5.81. The van der Waals surface area contributed by atoms with E-state index < -0.39 is 0 Å². The van der Waals surface area contributed by atoms with Crippen molar-refractivity contribution in [2.75, 3.05) is 0 Å². The maximum Gasteiger partial charge on any atom is 0.228 e. The van der Waals surface area contributed by atoms with E-state index in [9.17, 15) is 4.79 Å². The molecule has 0 bridgehead atoms. The molecule has 1 nitrogen and oxygen atoms in total. The lowest BCUT2D eigenvalue weighted by Crippen LogP contribution is -1.82. The van der Waals surface area contributed by atoms with Gasteiger partial charge >= 0.3 is 0 Å². The van der Waals surface area contributed by atoms with Gasteiger partial charge in [-0.3, -0.25) is 4.79 Å². The molecule has 0 aromatic carbocycles. The van der Waals surface area contributed by atoms with Crippen molar-refractivity contribution in [2.45, 2.75) is 20.8 Å². The second kappa shape index (κ2) is 3.42. The molecule has 0 unspecified atom stereocenters. The van der Waals surface area contributed by atoms with Crippen LogP contribution >= 0.6 is 0 Å². The van der Waals surface area contributed by atoms with E-state index in [2.05, 4.69) is 0 Å². The molecule has 0 aromatic heterocycles. The summed E-state index contributed by atoms with van der Waals surface area (Å²) in [5.41, 5.74) is 0.694. The summed E-state index contributed by atoms with van der Waals surface area (Å²) in [6, 6.07) is 0. The van der Waals surface area contributed by atoms with Crippen LogP contribution in [0, 0.1) is 5.92 Å². The number of hydrogen-bond donors (Lipinski definition) is 0. The normalized spacial score (nSPS) is 12.2. The highest BCUT2D eigenvalue weighted by Gasteiger charge is 1.87. The highest BCUT2D eigenvalue weighted by atomic mass is 16.1. The van der Waals surface area contributed by atoms with Crippen LogP contribution in [0.4, 0.5) is 0 Å². The third-order valence-corrected chi connectivity index (χ3v) is 0.744. The molecule has 0 spiro atoms. The molecule has 0 aliphatic carbocycles. The van der Waals surface area contributed by atoms with Crippen LogP contribution < -0.4 is 0 Å². The second-order valence-electron chi connectivity index (χ2n) is 2.20. The highest BCUT2D eigenvalue weighted by molar-refractivity contribution is 5.72. The zero-order valence-electron chi connectivity index (χ0n) is 5.56. The minimum absolute atomic E-state index is 0.455. The van der Waals surface area contributed by atoms with Crippen LogP contribution in [0.2, 0.25) is 0 Å². The number of hydrogen-bond acceptors (Lipinski definition) is 1. The van der Waals surface area contributed by atoms with E-state index >= 15 is 0 Å². The van der Waals surface area contributed by atoms with Gasteiger partial charge in [-0.1, -0.05) is 19.9 Å². The van der Waals surface area contributed by atoms with Crippen LogP contribution in [-0.2, 0) is 4.79 Å². The summed E-state index contributed by atoms with van der Waals surface area (Å²) in [4.78, 5) is 9.85. The molecule has 0 aromatic rings. The van der Waals surface area contributed by atoms with Gasteiger partial charge in [0, 0.05) is 0 Å². The van der Waals surface area contributed by atoms with Crippen LogP contribution in [0.3, 0.4) is 0 Å². The third-order valence-electron chi connectivity index (χ3n) is 0.744. The largest absolute Gasteiger partial charge is 0.285 e. The molecule has 0 N–H and O–H groups in total. The zero-order chi connectivity index (χ0) is 6.57. The number of allylic oxidation sites excluding steroid dienone is 2. The van der Waals surface area contributed by atoms with Crippen LogP contribution in [0.15, 0.2) is 11.6 Å². The van der Waals surface area contributed by atoms with Gasteiger partial charge < -0.3 is 0 Å². The fourth-order valence-electron chi connectivity index (χ4n) is 0.534. The van der Waals surface area contributed by atoms with Crippen molar-refractivity contribution in [1.82, 2.24) is 0 Å².